The summed E-state index contributed by atoms with van der Waals surface area (Å²) in [6.07, 6.45) is 5.86. The minimum atomic E-state index is 0.0504. The number of fused-ring (bicyclic) bond motifs is 2. The third-order valence-electron chi connectivity index (χ3n) is 5.02. The molecule has 1 N–H and O–H groups in total. The zero-order chi connectivity index (χ0) is 15.0. The second-order valence-electron chi connectivity index (χ2n) is 8.07. The van der Waals surface area contributed by atoms with Crippen LogP contribution in [0, 0.1) is 17.8 Å². The van der Waals surface area contributed by atoms with E-state index in [0.29, 0.717) is 0 Å². The first-order valence-corrected chi connectivity index (χ1v) is 8.37. The van der Waals surface area contributed by atoms with Gasteiger partial charge in [0.15, 0.2) is 0 Å². The maximum Gasteiger partial charge on any atom is 0.130 e. The molecule has 0 aliphatic heterocycles. The molecule has 2 bridgehead atoms. The number of hydrogen-bond acceptors (Lipinski definition) is 3. The highest BCUT2D eigenvalue weighted by Gasteiger charge is 2.39. The van der Waals surface area contributed by atoms with Crippen molar-refractivity contribution < 1.29 is 0 Å². The second kappa shape index (κ2) is 5.51. The van der Waals surface area contributed by atoms with Crippen LogP contribution in [0.25, 0.3) is 0 Å². The minimum absolute atomic E-state index is 0.0504. The van der Waals surface area contributed by atoms with Crippen LogP contribution < -0.4 is 10.2 Å². The summed E-state index contributed by atoms with van der Waals surface area (Å²) in [7, 11) is 2.19. The number of anilines is 2. The van der Waals surface area contributed by atoms with Crippen molar-refractivity contribution in [2.45, 2.75) is 52.0 Å². The molecule has 1 aromatic heterocycles. The molecule has 0 amide bonds. The summed E-state index contributed by atoms with van der Waals surface area (Å²) in [6.45, 7) is 7.66. The second-order valence-corrected chi connectivity index (χ2v) is 8.07. The molecule has 3 atom stereocenters. The van der Waals surface area contributed by atoms with Crippen molar-refractivity contribution in [2.24, 2.45) is 17.8 Å². The quantitative estimate of drug-likeness (QED) is 0.901. The number of hydrogen-bond donors (Lipinski definition) is 1. The lowest BCUT2D eigenvalue weighted by atomic mass is 9.88. The molecule has 2 saturated carbocycles. The highest BCUT2D eigenvalue weighted by Crippen LogP contribution is 2.48. The maximum atomic E-state index is 4.78. The van der Waals surface area contributed by atoms with Gasteiger partial charge in [0.1, 0.15) is 11.6 Å². The largest absolute Gasteiger partial charge is 0.365 e. The van der Waals surface area contributed by atoms with E-state index >= 15 is 0 Å². The molecule has 21 heavy (non-hydrogen) atoms. The molecule has 1 heterocycles. The van der Waals surface area contributed by atoms with Crippen LogP contribution in [0.1, 0.15) is 46.5 Å². The maximum absolute atomic E-state index is 4.78. The van der Waals surface area contributed by atoms with E-state index in [1.54, 1.807) is 0 Å². The zero-order valence-electron chi connectivity index (χ0n) is 13.9. The van der Waals surface area contributed by atoms with Gasteiger partial charge in [-0.3, -0.25) is 0 Å². The van der Waals surface area contributed by atoms with Gasteiger partial charge in [-0.2, -0.15) is 0 Å². The highest BCUT2D eigenvalue weighted by molar-refractivity contribution is 5.47. The summed E-state index contributed by atoms with van der Waals surface area (Å²) in [4.78, 5) is 7.12. The Balaban J connectivity index is 1.64. The normalized spacial score (nSPS) is 27.9. The molecule has 116 valence electrons. The summed E-state index contributed by atoms with van der Waals surface area (Å²) in [5, 5.41) is 3.46. The first kappa shape index (κ1) is 14.7. The Bertz CT molecular complexity index is 491. The Hall–Kier alpha value is -1.25. The molecule has 0 saturated heterocycles. The molecule has 0 radical (unpaired) electrons. The van der Waals surface area contributed by atoms with Crippen LogP contribution in [0.3, 0.4) is 0 Å². The Labute approximate surface area is 129 Å². The molecule has 1 aromatic rings. The van der Waals surface area contributed by atoms with Crippen LogP contribution in [-0.2, 0) is 0 Å². The number of rotatable bonds is 4. The van der Waals surface area contributed by atoms with E-state index < -0.39 is 0 Å². The van der Waals surface area contributed by atoms with E-state index in [4.69, 9.17) is 4.98 Å². The molecule has 3 unspecified atom stereocenters. The van der Waals surface area contributed by atoms with Crippen molar-refractivity contribution in [1.29, 1.82) is 0 Å². The summed E-state index contributed by atoms with van der Waals surface area (Å²) in [5.41, 5.74) is 0.0504. The fourth-order valence-corrected chi connectivity index (χ4v) is 4.14. The van der Waals surface area contributed by atoms with Gasteiger partial charge in [0.25, 0.3) is 0 Å². The molecule has 3 nitrogen and oxygen atoms in total. The van der Waals surface area contributed by atoms with Crippen LogP contribution >= 0.6 is 0 Å². The summed E-state index contributed by atoms with van der Waals surface area (Å²) in [5.74, 6) is 4.95. The van der Waals surface area contributed by atoms with Crippen LogP contribution in [0.15, 0.2) is 18.2 Å². The summed E-state index contributed by atoms with van der Waals surface area (Å²) >= 11 is 0. The van der Waals surface area contributed by atoms with Crippen molar-refractivity contribution in [3.8, 4) is 0 Å². The van der Waals surface area contributed by atoms with Crippen molar-refractivity contribution in [1.82, 2.24) is 4.98 Å². The molecule has 2 aliphatic rings. The number of pyridine rings is 1. The first-order chi connectivity index (χ1) is 9.90. The lowest BCUT2D eigenvalue weighted by molar-refractivity contribution is 0.337. The van der Waals surface area contributed by atoms with E-state index in [1.165, 1.54) is 25.7 Å². The molecule has 0 spiro atoms. The third-order valence-corrected chi connectivity index (χ3v) is 5.02. The van der Waals surface area contributed by atoms with Gasteiger partial charge < -0.3 is 10.2 Å². The lowest BCUT2D eigenvalue weighted by Crippen LogP contribution is -2.30. The first-order valence-electron chi connectivity index (χ1n) is 8.37. The van der Waals surface area contributed by atoms with Crippen molar-refractivity contribution in [2.75, 3.05) is 23.8 Å². The van der Waals surface area contributed by atoms with Gasteiger partial charge in [-0.25, -0.2) is 4.98 Å². The van der Waals surface area contributed by atoms with Gasteiger partial charge in [-0.1, -0.05) is 12.5 Å². The predicted octanol–water partition coefficient (Wildman–Crippen LogP) is 4.16. The van der Waals surface area contributed by atoms with Crippen LogP contribution in [0.4, 0.5) is 11.6 Å². The molecule has 3 rings (SSSR count). The smallest absolute Gasteiger partial charge is 0.130 e. The highest BCUT2D eigenvalue weighted by atomic mass is 15.2. The molecule has 0 aromatic carbocycles. The van der Waals surface area contributed by atoms with Gasteiger partial charge in [-0.15, -0.1) is 0 Å². The minimum Gasteiger partial charge on any atom is -0.365 e. The molecule has 2 aliphatic carbocycles. The van der Waals surface area contributed by atoms with E-state index in [-0.39, 0.29) is 5.54 Å². The zero-order valence-corrected chi connectivity index (χ0v) is 13.9. The average molecular weight is 287 g/mol. The van der Waals surface area contributed by atoms with E-state index in [2.05, 4.69) is 56.2 Å². The van der Waals surface area contributed by atoms with Gasteiger partial charge in [0, 0.05) is 19.1 Å². The Morgan fingerprint density at radius 1 is 1.24 bits per heavy atom. The molecule has 3 heteroatoms. The SMILES string of the molecule is CN(CC1CC2CCC1C2)c1cccc(NC(C)(C)C)n1. The lowest BCUT2D eigenvalue weighted by Gasteiger charge is -2.28. The average Bonchev–Trinajstić information content (AvgIpc) is 2.99. The fourth-order valence-electron chi connectivity index (χ4n) is 4.14. The fraction of sp³-hybridized carbons (Fsp3) is 0.722. The Morgan fingerprint density at radius 3 is 2.67 bits per heavy atom. The topological polar surface area (TPSA) is 28.2 Å². The number of aromatic nitrogens is 1. The van der Waals surface area contributed by atoms with Crippen molar-refractivity contribution in [3.63, 3.8) is 0 Å². The van der Waals surface area contributed by atoms with Crippen LogP contribution in [0.2, 0.25) is 0 Å². The molecular formula is C18H29N3. The van der Waals surface area contributed by atoms with Crippen molar-refractivity contribution >= 4 is 11.6 Å². The van der Waals surface area contributed by atoms with E-state index in [1.807, 2.05) is 0 Å². The monoisotopic (exact) mass is 287 g/mol. The Kier molecular flexibility index (Phi) is 3.85. The van der Waals surface area contributed by atoms with E-state index in [9.17, 15) is 0 Å². The van der Waals surface area contributed by atoms with Gasteiger partial charge in [-0.05, 0) is 69.9 Å². The molecular weight excluding hydrogens is 258 g/mol. The van der Waals surface area contributed by atoms with Gasteiger partial charge in [0.05, 0.1) is 0 Å². The summed E-state index contributed by atoms with van der Waals surface area (Å²) in [6, 6.07) is 6.29. The van der Waals surface area contributed by atoms with Gasteiger partial charge >= 0.3 is 0 Å². The van der Waals surface area contributed by atoms with Gasteiger partial charge in [0.2, 0.25) is 0 Å². The number of nitrogens with one attached hydrogen (secondary N) is 1. The van der Waals surface area contributed by atoms with E-state index in [0.717, 1.165) is 35.9 Å². The summed E-state index contributed by atoms with van der Waals surface area (Å²) < 4.78 is 0. The number of nitrogens with zero attached hydrogens (tertiary/aromatic N) is 2. The molecule has 2 fully saturated rings. The predicted molar refractivity (Wildman–Crippen MR) is 89.8 cm³/mol. The van der Waals surface area contributed by atoms with Crippen LogP contribution in [0.5, 0.6) is 0 Å². The standard InChI is InChI=1S/C18H29N3/c1-18(2,3)20-16-6-5-7-17(19-16)21(4)12-15-11-13-8-9-14(15)10-13/h5-7,13-15H,8-12H2,1-4H3,(H,19,20). The Morgan fingerprint density at radius 2 is 2.05 bits per heavy atom. The van der Waals surface area contributed by atoms with Crippen LogP contribution in [-0.4, -0.2) is 24.1 Å². The van der Waals surface area contributed by atoms with Crippen molar-refractivity contribution in [3.05, 3.63) is 18.2 Å². The third kappa shape index (κ3) is 3.50.